The van der Waals surface area contributed by atoms with E-state index in [1.54, 1.807) is 11.3 Å². The number of nitrogens with one attached hydrogen (secondary N) is 2. The largest absolute Gasteiger partial charge is 0.379 e. The highest BCUT2D eigenvalue weighted by molar-refractivity contribution is 7.13. The summed E-state index contributed by atoms with van der Waals surface area (Å²) in [6, 6.07) is 11.6. The number of H-pyrrole nitrogens is 1. The van der Waals surface area contributed by atoms with Gasteiger partial charge in [-0.05, 0) is 36.9 Å². The zero-order chi connectivity index (χ0) is 17.4. The number of aromatic nitrogens is 4. The summed E-state index contributed by atoms with van der Waals surface area (Å²) in [4.78, 5) is 22.2. The first-order valence-electron chi connectivity index (χ1n) is 7.94. The van der Waals surface area contributed by atoms with Crippen LogP contribution < -0.4 is 10.9 Å². The number of hydrogen-bond acceptors (Lipinski definition) is 5. The van der Waals surface area contributed by atoms with Crippen molar-refractivity contribution in [2.45, 2.75) is 20.4 Å². The van der Waals surface area contributed by atoms with Crippen LogP contribution in [0, 0.1) is 13.8 Å². The third-order valence-electron chi connectivity index (χ3n) is 3.98. The molecule has 0 aliphatic rings. The number of nitrogens with zero attached hydrogens (tertiary/aromatic N) is 3. The van der Waals surface area contributed by atoms with Gasteiger partial charge in [0.25, 0.3) is 11.3 Å². The molecule has 0 bridgehead atoms. The van der Waals surface area contributed by atoms with Crippen LogP contribution in [0.1, 0.15) is 16.8 Å². The van der Waals surface area contributed by atoms with Gasteiger partial charge in [-0.15, -0.1) is 11.3 Å². The highest BCUT2D eigenvalue weighted by Gasteiger charge is 2.10. The first-order chi connectivity index (χ1) is 12.1. The van der Waals surface area contributed by atoms with E-state index in [1.807, 2.05) is 23.6 Å². The summed E-state index contributed by atoms with van der Waals surface area (Å²) in [6.45, 7) is 4.59. The summed E-state index contributed by atoms with van der Waals surface area (Å²) in [7, 11) is 0. The molecule has 25 heavy (non-hydrogen) atoms. The van der Waals surface area contributed by atoms with Crippen molar-refractivity contribution in [3.63, 3.8) is 0 Å². The third-order valence-corrected chi connectivity index (χ3v) is 4.86. The Labute approximate surface area is 148 Å². The molecule has 4 aromatic rings. The third kappa shape index (κ3) is 3.06. The molecule has 7 heteroatoms. The van der Waals surface area contributed by atoms with Gasteiger partial charge in [0.15, 0.2) is 5.82 Å². The highest BCUT2D eigenvalue weighted by Crippen LogP contribution is 2.21. The van der Waals surface area contributed by atoms with Gasteiger partial charge in [-0.2, -0.15) is 9.50 Å². The second-order valence-electron chi connectivity index (χ2n) is 5.94. The molecule has 0 aliphatic heterocycles. The van der Waals surface area contributed by atoms with Crippen LogP contribution in [0.3, 0.4) is 0 Å². The zero-order valence-electron chi connectivity index (χ0n) is 13.9. The summed E-state index contributed by atoms with van der Waals surface area (Å²) >= 11 is 1.56. The van der Waals surface area contributed by atoms with Crippen LogP contribution in [-0.4, -0.2) is 19.6 Å². The molecule has 0 radical (unpaired) electrons. The molecule has 0 unspecified atom stereocenters. The Morgan fingerprint density at radius 2 is 2.08 bits per heavy atom. The van der Waals surface area contributed by atoms with Gasteiger partial charge in [0.2, 0.25) is 0 Å². The Hall–Kier alpha value is -2.93. The number of thiophene rings is 1. The van der Waals surface area contributed by atoms with Crippen LogP contribution in [0.4, 0.5) is 5.69 Å². The van der Waals surface area contributed by atoms with Crippen molar-refractivity contribution in [2.75, 3.05) is 5.32 Å². The number of hydrogen-bond donors (Lipinski definition) is 2. The predicted octanol–water partition coefficient (Wildman–Crippen LogP) is 3.38. The number of benzene rings is 1. The highest BCUT2D eigenvalue weighted by atomic mass is 32.1. The summed E-state index contributed by atoms with van der Waals surface area (Å²) in [5, 5.41) is 8.31. The van der Waals surface area contributed by atoms with E-state index < -0.39 is 0 Å². The van der Waals surface area contributed by atoms with Crippen LogP contribution in [0.25, 0.3) is 16.5 Å². The number of aromatic amines is 1. The molecule has 0 fully saturated rings. The summed E-state index contributed by atoms with van der Waals surface area (Å²) < 4.78 is 1.37. The molecule has 3 heterocycles. The van der Waals surface area contributed by atoms with Gasteiger partial charge in [0.05, 0.1) is 17.1 Å². The maximum absolute atomic E-state index is 12.3. The molecule has 3 aromatic heterocycles. The number of rotatable bonds is 4. The molecular weight excluding hydrogens is 334 g/mol. The van der Waals surface area contributed by atoms with E-state index >= 15 is 0 Å². The second kappa shape index (κ2) is 6.18. The predicted molar refractivity (Wildman–Crippen MR) is 100 cm³/mol. The van der Waals surface area contributed by atoms with Crippen LogP contribution in [-0.2, 0) is 6.54 Å². The lowest BCUT2D eigenvalue weighted by molar-refractivity contribution is 0.879. The molecule has 0 aliphatic carbocycles. The van der Waals surface area contributed by atoms with E-state index in [-0.39, 0.29) is 5.56 Å². The normalized spacial score (nSPS) is 11.1. The minimum atomic E-state index is -0.169. The Morgan fingerprint density at radius 1 is 1.20 bits per heavy atom. The molecule has 0 saturated carbocycles. The molecule has 0 saturated heterocycles. The lowest BCUT2D eigenvalue weighted by atomic mass is 10.1. The molecule has 6 nitrogen and oxygen atoms in total. The monoisotopic (exact) mass is 351 g/mol. The molecule has 2 N–H and O–H groups in total. The van der Waals surface area contributed by atoms with Crippen LogP contribution in [0.5, 0.6) is 0 Å². The first-order valence-corrected chi connectivity index (χ1v) is 8.82. The standard InChI is InChI=1S/C18H17N5OS/c1-11-5-6-14(12(2)8-11)19-10-13-9-16(24)23-18(20-13)21-17(22-23)15-4-3-7-25-15/h3-9,19H,10H2,1-2H3,(H,20,21,22). The molecule has 126 valence electrons. The van der Waals surface area contributed by atoms with Gasteiger partial charge in [-0.1, -0.05) is 23.8 Å². The van der Waals surface area contributed by atoms with Gasteiger partial charge in [-0.3, -0.25) is 9.89 Å². The van der Waals surface area contributed by atoms with E-state index in [9.17, 15) is 4.79 Å². The van der Waals surface area contributed by atoms with Crippen LogP contribution >= 0.6 is 11.3 Å². The van der Waals surface area contributed by atoms with E-state index in [2.05, 4.69) is 46.4 Å². The molecule has 0 atom stereocenters. The van der Waals surface area contributed by atoms with Gasteiger partial charge < -0.3 is 5.32 Å². The lowest BCUT2D eigenvalue weighted by Gasteiger charge is -2.09. The maximum Gasteiger partial charge on any atom is 0.274 e. The summed E-state index contributed by atoms with van der Waals surface area (Å²) in [6.07, 6.45) is 0. The van der Waals surface area contributed by atoms with Crippen molar-refractivity contribution in [1.29, 1.82) is 0 Å². The van der Waals surface area contributed by atoms with Gasteiger partial charge in [0.1, 0.15) is 0 Å². The van der Waals surface area contributed by atoms with Gasteiger partial charge in [-0.25, -0.2) is 4.98 Å². The molecular formula is C18H17N5OS. The van der Waals surface area contributed by atoms with Crippen molar-refractivity contribution in [3.05, 3.63) is 69.0 Å². The van der Waals surface area contributed by atoms with Crippen molar-refractivity contribution < 1.29 is 0 Å². The first kappa shape index (κ1) is 15.6. The number of fused-ring (bicyclic) bond motifs is 1. The van der Waals surface area contributed by atoms with Crippen molar-refractivity contribution in [1.82, 2.24) is 19.6 Å². The van der Waals surface area contributed by atoms with Gasteiger partial charge in [0, 0.05) is 11.8 Å². The van der Waals surface area contributed by atoms with E-state index in [4.69, 9.17) is 0 Å². The minimum absolute atomic E-state index is 0.169. The molecule has 0 amide bonds. The van der Waals surface area contributed by atoms with Gasteiger partial charge >= 0.3 is 0 Å². The number of anilines is 1. The fourth-order valence-corrected chi connectivity index (χ4v) is 3.40. The SMILES string of the molecule is Cc1ccc(NCc2cc(=O)n3[nH]c(-c4cccs4)nc3n2)c(C)c1. The zero-order valence-corrected chi connectivity index (χ0v) is 14.7. The fraction of sp³-hybridized carbons (Fsp3) is 0.167. The smallest absolute Gasteiger partial charge is 0.274 e. The Kier molecular flexibility index (Phi) is 3.85. The lowest BCUT2D eigenvalue weighted by Crippen LogP contribution is -2.17. The van der Waals surface area contributed by atoms with E-state index in [0.717, 1.165) is 16.1 Å². The van der Waals surface area contributed by atoms with Crippen LogP contribution in [0.15, 0.2) is 46.6 Å². The molecule has 1 aromatic carbocycles. The van der Waals surface area contributed by atoms with Crippen molar-refractivity contribution in [3.8, 4) is 10.7 Å². The summed E-state index contributed by atoms with van der Waals surface area (Å²) in [5.41, 5.74) is 3.91. The van der Waals surface area contributed by atoms with Crippen molar-refractivity contribution >= 4 is 22.8 Å². The number of aryl methyl sites for hydroxylation is 2. The average molecular weight is 351 g/mol. The summed E-state index contributed by atoms with van der Waals surface area (Å²) in [5.74, 6) is 1.03. The van der Waals surface area contributed by atoms with Crippen molar-refractivity contribution in [2.24, 2.45) is 0 Å². The second-order valence-corrected chi connectivity index (χ2v) is 6.89. The van der Waals surface area contributed by atoms with Crippen LogP contribution in [0.2, 0.25) is 0 Å². The fourth-order valence-electron chi connectivity index (χ4n) is 2.74. The van der Waals surface area contributed by atoms with E-state index in [0.29, 0.717) is 23.8 Å². The molecule has 4 rings (SSSR count). The molecule has 0 spiro atoms. The Morgan fingerprint density at radius 3 is 2.84 bits per heavy atom. The minimum Gasteiger partial charge on any atom is -0.379 e. The Bertz CT molecular complexity index is 1090. The Balaban J connectivity index is 1.63. The van der Waals surface area contributed by atoms with E-state index in [1.165, 1.54) is 16.1 Å². The maximum atomic E-state index is 12.3. The average Bonchev–Trinajstić information content (AvgIpc) is 3.23. The quantitative estimate of drug-likeness (QED) is 0.591. The topological polar surface area (TPSA) is 75.1 Å².